The molecule has 9 heteroatoms. The van der Waals surface area contributed by atoms with Crippen molar-refractivity contribution in [1.29, 1.82) is 0 Å². The van der Waals surface area contributed by atoms with E-state index in [0.29, 0.717) is 19.4 Å². The molecule has 1 amide bonds. The summed E-state index contributed by atoms with van der Waals surface area (Å²) in [7, 11) is -0.592. The highest BCUT2D eigenvalue weighted by atomic mass is 28.4. The zero-order valence-electron chi connectivity index (χ0n) is 26.7. The van der Waals surface area contributed by atoms with Gasteiger partial charge in [0.2, 0.25) is 12.2 Å². The van der Waals surface area contributed by atoms with Crippen molar-refractivity contribution in [3.8, 4) is 5.75 Å². The van der Waals surface area contributed by atoms with Gasteiger partial charge in [-0.25, -0.2) is 0 Å². The number of benzene rings is 2. The van der Waals surface area contributed by atoms with Gasteiger partial charge in [-0.05, 0) is 54.4 Å². The summed E-state index contributed by atoms with van der Waals surface area (Å²) in [5, 5.41) is 2.95. The molecule has 0 radical (unpaired) electrons. The molecule has 0 spiro atoms. The number of carbonyl (C=O) groups excluding carboxylic acids is 2. The second kappa shape index (κ2) is 14.2. The van der Waals surface area contributed by atoms with Gasteiger partial charge in [0.1, 0.15) is 5.75 Å². The van der Waals surface area contributed by atoms with Gasteiger partial charge in [-0.15, -0.1) is 0 Å². The maximum absolute atomic E-state index is 13.2. The van der Waals surface area contributed by atoms with Crippen molar-refractivity contribution in [2.24, 2.45) is 5.41 Å². The molecule has 0 aromatic heterocycles. The van der Waals surface area contributed by atoms with E-state index in [9.17, 15) is 9.59 Å². The fraction of sp³-hybridized carbons (Fsp3) is 0.576. The minimum Gasteiger partial charge on any atom is -0.497 e. The summed E-state index contributed by atoms with van der Waals surface area (Å²) in [4.78, 5) is 25.2. The average Bonchev–Trinajstić information content (AvgIpc) is 2.89. The minimum atomic E-state index is -2.23. The van der Waals surface area contributed by atoms with Gasteiger partial charge < -0.3 is 28.7 Å². The lowest BCUT2D eigenvalue weighted by Gasteiger charge is -2.47. The molecule has 1 aliphatic heterocycles. The van der Waals surface area contributed by atoms with Gasteiger partial charge >= 0.3 is 5.97 Å². The summed E-state index contributed by atoms with van der Waals surface area (Å²) in [5.41, 5.74) is 1.15. The third-order valence-corrected chi connectivity index (χ3v) is 12.9. The molecule has 8 nitrogen and oxygen atoms in total. The Balaban J connectivity index is 1.81. The summed E-state index contributed by atoms with van der Waals surface area (Å²) >= 11 is 0. The number of anilines is 1. The van der Waals surface area contributed by atoms with E-state index in [2.05, 4.69) is 39.2 Å². The highest BCUT2D eigenvalue weighted by Crippen LogP contribution is 2.42. The van der Waals surface area contributed by atoms with Crippen LogP contribution in [0.15, 0.2) is 54.6 Å². The SMILES string of the molecule is COc1ccc(CO[C@H]2C[C@@H](C[C@H](CC(=O)Nc3ccccc3)O[Si](C)(C)C(C)(C)C)OC(OC(C)=O)C2(C)C)cc1. The molecule has 1 fully saturated rings. The van der Waals surface area contributed by atoms with Crippen LogP contribution < -0.4 is 10.1 Å². The van der Waals surface area contributed by atoms with Crippen molar-refractivity contribution < 1.29 is 33.0 Å². The highest BCUT2D eigenvalue weighted by molar-refractivity contribution is 6.74. The Morgan fingerprint density at radius 2 is 1.71 bits per heavy atom. The van der Waals surface area contributed by atoms with Crippen molar-refractivity contribution in [1.82, 2.24) is 0 Å². The van der Waals surface area contributed by atoms with Gasteiger partial charge in [-0.3, -0.25) is 9.59 Å². The number of methoxy groups -OCH3 is 1. The van der Waals surface area contributed by atoms with E-state index in [4.69, 9.17) is 23.4 Å². The maximum atomic E-state index is 13.2. The second-order valence-electron chi connectivity index (χ2n) is 13.3. The van der Waals surface area contributed by atoms with Gasteiger partial charge in [0.05, 0.1) is 43.9 Å². The van der Waals surface area contributed by atoms with Crippen LogP contribution in [0.3, 0.4) is 0 Å². The van der Waals surface area contributed by atoms with E-state index >= 15 is 0 Å². The van der Waals surface area contributed by atoms with Crippen molar-refractivity contribution >= 4 is 25.9 Å². The van der Waals surface area contributed by atoms with Crippen LogP contribution >= 0.6 is 0 Å². The monoisotopic (exact) mass is 599 g/mol. The fourth-order valence-corrected chi connectivity index (χ4v) is 6.15. The Kier molecular flexibility index (Phi) is 11.4. The number of hydrogen-bond acceptors (Lipinski definition) is 7. The molecule has 4 atom stereocenters. The molecule has 42 heavy (non-hydrogen) atoms. The van der Waals surface area contributed by atoms with Gasteiger partial charge in [0.15, 0.2) is 8.32 Å². The lowest BCUT2D eigenvalue weighted by Crippen LogP contribution is -2.54. The van der Waals surface area contributed by atoms with Gasteiger partial charge in [-0.1, -0.05) is 65.0 Å². The molecule has 1 aliphatic rings. The first-order valence-electron chi connectivity index (χ1n) is 14.7. The van der Waals surface area contributed by atoms with E-state index in [1.807, 2.05) is 68.4 Å². The van der Waals surface area contributed by atoms with Gasteiger partial charge in [-0.2, -0.15) is 0 Å². The summed E-state index contributed by atoms with van der Waals surface area (Å²) in [6.45, 7) is 16.7. The molecule has 1 N–H and O–H groups in total. The smallest absolute Gasteiger partial charge is 0.304 e. The summed E-state index contributed by atoms with van der Waals surface area (Å²) in [6, 6.07) is 17.2. The number of esters is 1. The highest BCUT2D eigenvalue weighted by Gasteiger charge is 2.49. The van der Waals surface area contributed by atoms with E-state index in [0.717, 1.165) is 17.0 Å². The summed E-state index contributed by atoms with van der Waals surface area (Å²) in [6.07, 6.45) is -0.594. The first-order valence-corrected chi connectivity index (χ1v) is 17.6. The zero-order valence-corrected chi connectivity index (χ0v) is 27.7. The minimum absolute atomic E-state index is 0.0408. The number of hydrogen-bond donors (Lipinski definition) is 1. The van der Waals surface area contributed by atoms with E-state index < -0.39 is 26.0 Å². The fourth-order valence-electron chi connectivity index (χ4n) is 4.78. The molecule has 2 aromatic rings. The predicted molar refractivity (Wildman–Crippen MR) is 167 cm³/mol. The van der Waals surface area contributed by atoms with Crippen LogP contribution in [0.5, 0.6) is 5.75 Å². The molecule has 0 aliphatic carbocycles. The molecule has 1 saturated heterocycles. The van der Waals surface area contributed by atoms with E-state index in [1.165, 1.54) is 6.92 Å². The van der Waals surface area contributed by atoms with Crippen molar-refractivity contribution in [2.45, 2.75) is 110 Å². The maximum Gasteiger partial charge on any atom is 0.304 e. The Hall–Kier alpha value is -2.72. The van der Waals surface area contributed by atoms with E-state index in [1.54, 1.807) is 7.11 Å². The van der Waals surface area contributed by atoms with Crippen LogP contribution in [0.4, 0.5) is 5.69 Å². The summed E-state index contributed by atoms with van der Waals surface area (Å²) < 4.78 is 30.6. The summed E-state index contributed by atoms with van der Waals surface area (Å²) in [5.74, 6) is 0.244. The van der Waals surface area contributed by atoms with Crippen molar-refractivity contribution in [2.75, 3.05) is 12.4 Å². The average molecular weight is 600 g/mol. The standard InChI is InChI=1S/C33H49NO7Si/c1-23(35)39-31-33(5,6)29(38-22-24-15-17-26(37-7)18-16-24)20-27(40-31)19-28(41-42(8,9)32(2,3)4)21-30(36)34-25-13-11-10-12-14-25/h10-18,27-29,31H,19-22H2,1-9H3,(H,34,36)/t27-,28-,29+,31?/m1/s1. The molecule has 3 rings (SSSR count). The third kappa shape index (κ3) is 9.39. The zero-order chi connectivity index (χ0) is 31.1. The van der Waals surface area contributed by atoms with Crippen LogP contribution in [0.25, 0.3) is 0 Å². The third-order valence-electron chi connectivity index (χ3n) is 8.38. The Morgan fingerprint density at radius 3 is 2.29 bits per heavy atom. The molecular weight excluding hydrogens is 550 g/mol. The predicted octanol–water partition coefficient (Wildman–Crippen LogP) is 7.09. The first kappa shape index (κ1) is 33.8. The second-order valence-corrected chi connectivity index (χ2v) is 18.0. The molecule has 232 valence electrons. The van der Waals surface area contributed by atoms with Gasteiger partial charge in [0, 0.05) is 19.0 Å². The number of ether oxygens (including phenoxy) is 4. The van der Waals surface area contributed by atoms with Gasteiger partial charge in [0.25, 0.3) is 0 Å². The molecule has 1 heterocycles. The molecule has 0 saturated carbocycles. The number of nitrogens with one attached hydrogen (secondary N) is 1. The number of amides is 1. The van der Waals surface area contributed by atoms with Crippen molar-refractivity contribution in [3.63, 3.8) is 0 Å². The first-order chi connectivity index (χ1) is 19.6. The Labute approximate surface area is 252 Å². The quantitative estimate of drug-likeness (QED) is 0.206. The number of rotatable bonds is 12. The Morgan fingerprint density at radius 1 is 1.07 bits per heavy atom. The molecular formula is C33H49NO7Si. The van der Waals surface area contributed by atoms with Crippen LogP contribution in [-0.2, 0) is 34.8 Å². The Bertz CT molecular complexity index is 1160. The topological polar surface area (TPSA) is 92.3 Å². The number of carbonyl (C=O) groups is 2. The normalized spacial score (nSPS) is 21.3. The van der Waals surface area contributed by atoms with Crippen molar-refractivity contribution in [3.05, 3.63) is 60.2 Å². The van der Waals surface area contributed by atoms with Crippen LogP contribution in [0, 0.1) is 5.41 Å². The molecule has 0 bridgehead atoms. The lowest BCUT2D eigenvalue weighted by molar-refractivity contribution is -0.278. The molecule has 1 unspecified atom stereocenters. The van der Waals surface area contributed by atoms with E-state index in [-0.39, 0.29) is 35.7 Å². The molecule has 2 aromatic carbocycles. The van der Waals surface area contributed by atoms with Crippen LogP contribution in [0.1, 0.15) is 66.4 Å². The largest absolute Gasteiger partial charge is 0.497 e. The number of para-hydroxylation sites is 1. The van der Waals surface area contributed by atoms with Crippen LogP contribution in [-0.4, -0.2) is 51.9 Å². The van der Waals surface area contributed by atoms with Crippen LogP contribution in [0.2, 0.25) is 18.1 Å². The lowest BCUT2D eigenvalue weighted by atomic mass is 9.79.